The van der Waals surface area contributed by atoms with Gasteiger partial charge >= 0.3 is 5.97 Å². The fourth-order valence-electron chi connectivity index (χ4n) is 2.07. The van der Waals surface area contributed by atoms with Crippen LogP contribution in [0.4, 0.5) is 0 Å². The third-order valence-corrected chi connectivity index (χ3v) is 3.46. The summed E-state index contributed by atoms with van der Waals surface area (Å²) in [5.41, 5.74) is 1.92. The molecule has 18 heavy (non-hydrogen) atoms. The quantitative estimate of drug-likeness (QED) is 0.789. The molecule has 3 nitrogen and oxygen atoms in total. The fraction of sp³-hybridized carbons (Fsp3) is 0.357. The first-order valence-electron chi connectivity index (χ1n) is 5.95. The first kappa shape index (κ1) is 13.0. The molecule has 0 amide bonds. The van der Waals surface area contributed by atoms with E-state index in [2.05, 4.69) is 0 Å². The molecular formula is C14H15ClO3. The van der Waals surface area contributed by atoms with Gasteiger partial charge in [0.25, 0.3) is 0 Å². The van der Waals surface area contributed by atoms with E-state index in [4.69, 9.17) is 20.8 Å². The standard InChI is InChI=1S/C14H15ClO3/c1-4-8-6-7-9-12(15)10(5-2)18-13(9)11(8)14(16)17-3/h6-7H,4-5H2,1-3H3. The van der Waals surface area contributed by atoms with Crippen molar-refractivity contribution in [3.63, 3.8) is 0 Å². The molecule has 1 aromatic carbocycles. The SMILES string of the molecule is CCc1ccc2c(Cl)c(CC)oc2c1C(=O)OC. The number of ether oxygens (including phenoxy) is 1. The third-order valence-electron chi connectivity index (χ3n) is 3.04. The van der Waals surface area contributed by atoms with Gasteiger partial charge in [0, 0.05) is 11.8 Å². The maximum absolute atomic E-state index is 11.9. The zero-order valence-corrected chi connectivity index (χ0v) is 11.4. The van der Waals surface area contributed by atoms with Crippen molar-refractivity contribution >= 4 is 28.5 Å². The van der Waals surface area contributed by atoms with E-state index in [0.29, 0.717) is 28.4 Å². The number of carbonyl (C=O) groups is 1. The van der Waals surface area contributed by atoms with Crippen molar-refractivity contribution in [1.82, 2.24) is 0 Å². The normalized spacial score (nSPS) is 10.9. The number of methoxy groups -OCH3 is 1. The van der Waals surface area contributed by atoms with Crippen LogP contribution in [-0.4, -0.2) is 13.1 Å². The zero-order chi connectivity index (χ0) is 13.3. The van der Waals surface area contributed by atoms with Crippen LogP contribution in [0.1, 0.15) is 35.5 Å². The maximum Gasteiger partial charge on any atom is 0.341 e. The zero-order valence-electron chi connectivity index (χ0n) is 10.7. The monoisotopic (exact) mass is 266 g/mol. The second-order valence-electron chi connectivity index (χ2n) is 4.01. The Morgan fingerprint density at radius 2 is 2.06 bits per heavy atom. The summed E-state index contributed by atoms with van der Waals surface area (Å²) in [6, 6.07) is 3.79. The fourth-order valence-corrected chi connectivity index (χ4v) is 2.39. The minimum Gasteiger partial charge on any atom is -0.465 e. The molecule has 1 aromatic heterocycles. The summed E-state index contributed by atoms with van der Waals surface area (Å²) >= 11 is 6.23. The highest BCUT2D eigenvalue weighted by molar-refractivity contribution is 6.36. The lowest BCUT2D eigenvalue weighted by Crippen LogP contribution is -2.05. The molecule has 0 aliphatic carbocycles. The van der Waals surface area contributed by atoms with Gasteiger partial charge in [-0.3, -0.25) is 0 Å². The van der Waals surface area contributed by atoms with E-state index in [-0.39, 0.29) is 5.97 Å². The Kier molecular flexibility index (Phi) is 3.62. The number of halogens is 1. The number of aryl methyl sites for hydroxylation is 2. The average molecular weight is 267 g/mol. The number of furan rings is 1. The molecule has 0 unspecified atom stereocenters. The van der Waals surface area contributed by atoms with E-state index >= 15 is 0 Å². The molecule has 0 saturated heterocycles. The maximum atomic E-state index is 11.9. The van der Waals surface area contributed by atoms with Crippen molar-refractivity contribution in [3.05, 3.63) is 34.0 Å². The molecule has 96 valence electrons. The number of carbonyl (C=O) groups excluding carboxylic acids is 1. The molecule has 0 radical (unpaired) electrons. The number of rotatable bonds is 3. The minimum atomic E-state index is -0.384. The van der Waals surface area contributed by atoms with Crippen LogP contribution in [0.5, 0.6) is 0 Å². The molecular weight excluding hydrogens is 252 g/mol. The number of benzene rings is 1. The van der Waals surface area contributed by atoms with Crippen LogP contribution in [0.25, 0.3) is 11.0 Å². The molecule has 0 spiro atoms. The molecule has 2 aromatic rings. The molecule has 4 heteroatoms. The number of esters is 1. The number of hydrogen-bond acceptors (Lipinski definition) is 3. The van der Waals surface area contributed by atoms with E-state index in [0.717, 1.165) is 17.4 Å². The van der Waals surface area contributed by atoms with Gasteiger partial charge in [0.1, 0.15) is 11.3 Å². The van der Waals surface area contributed by atoms with E-state index in [9.17, 15) is 4.79 Å². The molecule has 0 bridgehead atoms. The Morgan fingerprint density at radius 1 is 1.33 bits per heavy atom. The summed E-state index contributed by atoms with van der Waals surface area (Å²) in [6.07, 6.45) is 1.43. The Morgan fingerprint density at radius 3 is 2.61 bits per heavy atom. The molecule has 0 fully saturated rings. The van der Waals surface area contributed by atoms with Gasteiger partial charge in [-0.05, 0) is 18.1 Å². The summed E-state index contributed by atoms with van der Waals surface area (Å²) in [7, 11) is 1.37. The van der Waals surface area contributed by atoms with Gasteiger partial charge in [-0.15, -0.1) is 0 Å². The van der Waals surface area contributed by atoms with Crippen LogP contribution in [0.2, 0.25) is 5.02 Å². The number of fused-ring (bicyclic) bond motifs is 1. The van der Waals surface area contributed by atoms with E-state index in [1.807, 2.05) is 26.0 Å². The second kappa shape index (κ2) is 5.02. The summed E-state index contributed by atoms with van der Waals surface area (Å²) in [6.45, 7) is 3.95. The van der Waals surface area contributed by atoms with Crippen molar-refractivity contribution in [2.45, 2.75) is 26.7 Å². The van der Waals surface area contributed by atoms with Crippen LogP contribution >= 0.6 is 11.6 Å². The summed E-state index contributed by atoms with van der Waals surface area (Å²) in [5, 5.41) is 1.35. The van der Waals surface area contributed by atoms with Gasteiger partial charge in [-0.1, -0.05) is 31.5 Å². The molecule has 1 heterocycles. The summed E-state index contributed by atoms with van der Waals surface area (Å²) in [5.74, 6) is 0.315. The van der Waals surface area contributed by atoms with Crippen LogP contribution in [0.15, 0.2) is 16.5 Å². The molecule has 0 aliphatic rings. The predicted molar refractivity (Wildman–Crippen MR) is 71.3 cm³/mol. The summed E-state index contributed by atoms with van der Waals surface area (Å²) in [4.78, 5) is 11.9. The highest BCUT2D eigenvalue weighted by Gasteiger charge is 2.21. The van der Waals surface area contributed by atoms with Gasteiger partial charge in [0.15, 0.2) is 5.58 Å². The van der Waals surface area contributed by atoms with Crippen molar-refractivity contribution in [2.75, 3.05) is 7.11 Å². The molecule has 0 atom stereocenters. The van der Waals surface area contributed by atoms with Crippen LogP contribution < -0.4 is 0 Å². The van der Waals surface area contributed by atoms with Gasteiger partial charge in [-0.25, -0.2) is 4.79 Å². The smallest absolute Gasteiger partial charge is 0.341 e. The largest absolute Gasteiger partial charge is 0.465 e. The van der Waals surface area contributed by atoms with Crippen molar-refractivity contribution in [3.8, 4) is 0 Å². The van der Waals surface area contributed by atoms with Gasteiger partial charge in [-0.2, -0.15) is 0 Å². The lowest BCUT2D eigenvalue weighted by atomic mass is 10.0. The molecule has 0 saturated carbocycles. The van der Waals surface area contributed by atoms with E-state index in [1.54, 1.807) is 0 Å². The average Bonchev–Trinajstić information content (AvgIpc) is 2.73. The first-order chi connectivity index (χ1) is 8.63. The minimum absolute atomic E-state index is 0.384. The van der Waals surface area contributed by atoms with Crippen LogP contribution in [0, 0.1) is 0 Å². The Balaban J connectivity index is 2.81. The third kappa shape index (κ3) is 1.89. The Hall–Kier alpha value is -1.48. The van der Waals surface area contributed by atoms with Gasteiger partial charge in [0.05, 0.1) is 12.1 Å². The van der Waals surface area contributed by atoms with Crippen molar-refractivity contribution in [1.29, 1.82) is 0 Å². The van der Waals surface area contributed by atoms with E-state index < -0.39 is 0 Å². The highest BCUT2D eigenvalue weighted by Crippen LogP contribution is 2.34. The lowest BCUT2D eigenvalue weighted by Gasteiger charge is -2.06. The molecule has 2 rings (SSSR count). The predicted octanol–water partition coefficient (Wildman–Crippen LogP) is 4.00. The molecule has 0 N–H and O–H groups in total. The lowest BCUT2D eigenvalue weighted by molar-refractivity contribution is 0.0600. The second-order valence-corrected chi connectivity index (χ2v) is 4.39. The summed E-state index contributed by atoms with van der Waals surface area (Å²) < 4.78 is 10.5. The Labute approximate surface area is 111 Å². The van der Waals surface area contributed by atoms with Gasteiger partial charge in [0.2, 0.25) is 0 Å². The van der Waals surface area contributed by atoms with Crippen LogP contribution in [-0.2, 0) is 17.6 Å². The van der Waals surface area contributed by atoms with Crippen molar-refractivity contribution < 1.29 is 13.9 Å². The van der Waals surface area contributed by atoms with Crippen LogP contribution in [0.3, 0.4) is 0 Å². The molecule has 0 aliphatic heterocycles. The topological polar surface area (TPSA) is 39.4 Å². The highest BCUT2D eigenvalue weighted by atomic mass is 35.5. The van der Waals surface area contributed by atoms with E-state index in [1.165, 1.54) is 7.11 Å². The first-order valence-corrected chi connectivity index (χ1v) is 6.32. The van der Waals surface area contributed by atoms with Gasteiger partial charge < -0.3 is 9.15 Å². The van der Waals surface area contributed by atoms with Crippen molar-refractivity contribution in [2.24, 2.45) is 0 Å². The number of hydrogen-bond donors (Lipinski definition) is 0. The Bertz CT molecular complexity index is 599.